The lowest BCUT2D eigenvalue weighted by atomic mass is 9.80. The van der Waals surface area contributed by atoms with E-state index in [1.165, 1.54) is 11.8 Å². The zero-order chi connectivity index (χ0) is 18.4. The van der Waals surface area contributed by atoms with Crippen LogP contribution in [0.5, 0.6) is 0 Å². The Balaban J connectivity index is 1.73. The van der Waals surface area contributed by atoms with Gasteiger partial charge in [0.2, 0.25) is 0 Å². The van der Waals surface area contributed by atoms with Crippen molar-refractivity contribution in [1.29, 1.82) is 0 Å². The molecule has 2 N–H and O–H groups in total. The number of aliphatic carboxylic acids is 1. The largest absolute Gasteiger partial charge is 0.481 e. The van der Waals surface area contributed by atoms with Gasteiger partial charge in [0.25, 0.3) is 5.91 Å². The van der Waals surface area contributed by atoms with Gasteiger partial charge in [-0.05, 0) is 37.1 Å². The van der Waals surface area contributed by atoms with Crippen LogP contribution in [0.4, 0.5) is 0 Å². The Morgan fingerprint density at radius 1 is 1.04 bits per heavy atom. The Morgan fingerprint density at radius 3 is 2.38 bits per heavy atom. The average molecular weight is 371 g/mol. The number of amides is 1. The minimum absolute atomic E-state index is 0.106. The molecule has 0 aliphatic carbocycles. The Bertz CT molecular complexity index is 772. The molecule has 2 aromatic carbocycles. The fourth-order valence-corrected chi connectivity index (χ4v) is 3.90. The second-order valence-electron chi connectivity index (χ2n) is 6.29. The highest BCUT2D eigenvalue weighted by Crippen LogP contribution is 2.32. The third kappa shape index (κ3) is 4.26. The van der Waals surface area contributed by atoms with Crippen molar-refractivity contribution < 1.29 is 19.4 Å². The van der Waals surface area contributed by atoms with Crippen LogP contribution >= 0.6 is 11.8 Å². The van der Waals surface area contributed by atoms with Crippen molar-refractivity contribution in [3.05, 3.63) is 60.2 Å². The first-order chi connectivity index (χ1) is 12.6. The van der Waals surface area contributed by atoms with Crippen molar-refractivity contribution in [2.45, 2.75) is 22.6 Å². The standard InChI is InChI=1S/C20H21NO4S/c22-18(21-14-20(19(23)24)10-12-25-13-11-20)16-8-4-5-9-17(16)26-15-6-2-1-3-7-15/h1-9H,10-14H2,(H,21,22)(H,23,24). The van der Waals surface area contributed by atoms with E-state index < -0.39 is 11.4 Å². The molecule has 3 rings (SSSR count). The second-order valence-corrected chi connectivity index (χ2v) is 7.41. The number of nitrogens with one attached hydrogen (secondary N) is 1. The SMILES string of the molecule is O=C(NCC1(C(=O)O)CCOCC1)c1ccccc1Sc1ccccc1. The normalized spacial score (nSPS) is 16.0. The zero-order valence-electron chi connectivity index (χ0n) is 14.3. The van der Waals surface area contributed by atoms with Crippen LogP contribution in [-0.2, 0) is 9.53 Å². The smallest absolute Gasteiger partial charge is 0.311 e. The van der Waals surface area contributed by atoms with Gasteiger partial charge < -0.3 is 15.2 Å². The summed E-state index contributed by atoms with van der Waals surface area (Å²) < 4.78 is 5.27. The van der Waals surface area contributed by atoms with E-state index in [9.17, 15) is 14.7 Å². The number of rotatable bonds is 6. The van der Waals surface area contributed by atoms with Crippen molar-refractivity contribution in [2.24, 2.45) is 5.41 Å². The number of ether oxygens (including phenoxy) is 1. The number of carbonyl (C=O) groups excluding carboxylic acids is 1. The molecule has 0 spiro atoms. The summed E-state index contributed by atoms with van der Waals surface area (Å²) in [6.45, 7) is 0.917. The molecule has 2 aromatic rings. The van der Waals surface area contributed by atoms with E-state index in [0.29, 0.717) is 31.6 Å². The van der Waals surface area contributed by atoms with Crippen LogP contribution in [-0.4, -0.2) is 36.7 Å². The minimum atomic E-state index is -0.949. The van der Waals surface area contributed by atoms with Crippen molar-refractivity contribution in [3.63, 3.8) is 0 Å². The highest BCUT2D eigenvalue weighted by molar-refractivity contribution is 7.99. The third-order valence-electron chi connectivity index (χ3n) is 4.59. The summed E-state index contributed by atoms with van der Waals surface area (Å²) in [6, 6.07) is 17.2. The van der Waals surface area contributed by atoms with Gasteiger partial charge in [-0.1, -0.05) is 42.1 Å². The van der Waals surface area contributed by atoms with Gasteiger partial charge in [-0.2, -0.15) is 0 Å². The van der Waals surface area contributed by atoms with Crippen LogP contribution in [0.3, 0.4) is 0 Å². The monoisotopic (exact) mass is 371 g/mol. The quantitative estimate of drug-likeness (QED) is 0.813. The maximum Gasteiger partial charge on any atom is 0.311 e. The van der Waals surface area contributed by atoms with Crippen molar-refractivity contribution in [3.8, 4) is 0 Å². The molecule has 0 aromatic heterocycles. The highest BCUT2D eigenvalue weighted by Gasteiger charge is 2.40. The summed E-state index contributed by atoms with van der Waals surface area (Å²) in [6.07, 6.45) is 0.812. The Morgan fingerprint density at radius 2 is 1.69 bits per heavy atom. The summed E-state index contributed by atoms with van der Waals surface area (Å²) in [5.74, 6) is -1.14. The number of carbonyl (C=O) groups is 2. The van der Waals surface area contributed by atoms with E-state index in [-0.39, 0.29) is 12.5 Å². The molecule has 1 heterocycles. The predicted octanol–water partition coefficient (Wildman–Crippen LogP) is 3.45. The molecule has 0 unspecified atom stereocenters. The maximum absolute atomic E-state index is 12.7. The Hall–Kier alpha value is -2.31. The van der Waals surface area contributed by atoms with Gasteiger partial charge >= 0.3 is 5.97 Å². The van der Waals surface area contributed by atoms with Crippen LogP contribution in [0, 0.1) is 5.41 Å². The molecule has 26 heavy (non-hydrogen) atoms. The van der Waals surface area contributed by atoms with E-state index >= 15 is 0 Å². The van der Waals surface area contributed by atoms with E-state index in [4.69, 9.17) is 4.74 Å². The molecular weight excluding hydrogens is 350 g/mol. The number of carboxylic acids is 1. The van der Waals surface area contributed by atoms with Gasteiger partial charge in [0.15, 0.2) is 0 Å². The third-order valence-corrected chi connectivity index (χ3v) is 5.68. The van der Waals surface area contributed by atoms with E-state index in [1.807, 2.05) is 48.5 Å². The maximum atomic E-state index is 12.7. The Kier molecular flexibility index (Phi) is 5.96. The van der Waals surface area contributed by atoms with Gasteiger partial charge in [-0.3, -0.25) is 9.59 Å². The predicted molar refractivity (Wildman–Crippen MR) is 99.5 cm³/mol. The first kappa shape index (κ1) is 18.5. The summed E-state index contributed by atoms with van der Waals surface area (Å²) in [5.41, 5.74) is -0.399. The molecule has 1 amide bonds. The van der Waals surface area contributed by atoms with E-state index in [1.54, 1.807) is 6.07 Å². The van der Waals surface area contributed by atoms with E-state index in [0.717, 1.165) is 9.79 Å². The molecule has 0 radical (unpaired) electrons. The molecule has 1 fully saturated rings. The molecule has 1 aliphatic rings. The molecular formula is C20H21NO4S. The molecule has 5 nitrogen and oxygen atoms in total. The molecule has 1 aliphatic heterocycles. The number of hydrogen-bond donors (Lipinski definition) is 2. The van der Waals surface area contributed by atoms with Gasteiger partial charge in [-0.15, -0.1) is 0 Å². The van der Waals surface area contributed by atoms with Crippen LogP contribution < -0.4 is 5.32 Å². The highest BCUT2D eigenvalue weighted by atomic mass is 32.2. The van der Waals surface area contributed by atoms with Crippen molar-refractivity contribution >= 4 is 23.6 Å². The molecule has 136 valence electrons. The molecule has 6 heteroatoms. The summed E-state index contributed by atoms with van der Waals surface area (Å²) in [4.78, 5) is 26.3. The lowest BCUT2D eigenvalue weighted by molar-refractivity contribution is -0.154. The van der Waals surface area contributed by atoms with Crippen LogP contribution in [0.2, 0.25) is 0 Å². The lowest BCUT2D eigenvalue weighted by Gasteiger charge is -2.33. The summed E-state index contributed by atoms with van der Waals surface area (Å²) in [7, 11) is 0. The topological polar surface area (TPSA) is 75.6 Å². The van der Waals surface area contributed by atoms with Gasteiger partial charge in [-0.25, -0.2) is 0 Å². The lowest BCUT2D eigenvalue weighted by Crippen LogP contribution is -2.46. The molecule has 0 bridgehead atoms. The summed E-state index contributed by atoms with van der Waals surface area (Å²) >= 11 is 1.51. The number of carboxylic acid groups (broad SMARTS) is 1. The van der Waals surface area contributed by atoms with Crippen LogP contribution in [0.1, 0.15) is 23.2 Å². The molecule has 0 atom stereocenters. The van der Waals surface area contributed by atoms with Gasteiger partial charge in [0.05, 0.1) is 11.0 Å². The van der Waals surface area contributed by atoms with E-state index in [2.05, 4.69) is 5.32 Å². The zero-order valence-corrected chi connectivity index (χ0v) is 15.1. The van der Waals surface area contributed by atoms with Crippen LogP contribution in [0.25, 0.3) is 0 Å². The molecule has 1 saturated heterocycles. The second kappa shape index (κ2) is 8.38. The van der Waals surface area contributed by atoms with Gasteiger partial charge in [0.1, 0.15) is 0 Å². The first-order valence-electron chi connectivity index (χ1n) is 8.52. The fourth-order valence-electron chi connectivity index (χ4n) is 2.93. The van der Waals surface area contributed by atoms with Gasteiger partial charge in [0, 0.05) is 29.5 Å². The Labute approximate surface area is 156 Å². The first-order valence-corrected chi connectivity index (χ1v) is 9.34. The average Bonchev–Trinajstić information content (AvgIpc) is 2.68. The van der Waals surface area contributed by atoms with Crippen LogP contribution in [0.15, 0.2) is 64.4 Å². The van der Waals surface area contributed by atoms with Crippen molar-refractivity contribution in [2.75, 3.05) is 19.8 Å². The minimum Gasteiger partial charge on any atom is -0.481 e. The fraction of sp³-hybridized carbons (Fsp3) is 0.300. The number of hydrogen-bond acceptors (Lipinski definition) is 4. The van der Waals surface area contributed by atoms with Crippen molar-refractivity contribution in [1.82, 2.24) is 5.32 Å². The molecule has 0 saturated carbocycles. The summed E-state index contributed by atoms with van der Waals surface area (Å²) in [5, 5.41) is 12.4. The number of benzene rings is 2.